The summed E-state index contributed by atoms with van der Waals surface area (Å²) < 4.78 is 19.4. The minimum atomic E-state index is -0.979. The number of hydrogen-bond acceptors (Lipinski definition) is 4. The van der Waals surface area contributed by atoms with Gasteiger partial charge in [0.25, 0.3) is 5.91 Å². The number of ether oxygens (including phenoxy) is 1. The summed E-state index contributed by atoms with van der Waals surface area (Å²) in [4.78, 5) is 12.9. The van der Waals surface area contributed by atoms with Gasteiger partial charge < -0.3 is 10.1 Å². The number of aromatic nitrogens is 2. The summed E-state index contributed by atoms with van der Waals surface area (Å²) in [5.74, 6) is 1.88. The second kappa shape index (κ2) is 7.83. The second-order valence-electron chi connectivity index (χ2n) is 7.39. The summed E-state index contributed by atoms with van der Waals surface area (Å²) in [6.45, 7) is 5.93. The Morgan fingerprint density at radius 2 is 1.79 bits per heavy atom. The highest BCUT2D eigenvalue weighted by Crippen LogP contribution is 2.31. The fraction of sp³-hybridized carbons (Fsp3) is 0.273. The Morgan fingerprint density at radius 3 is 2.45 bits per heavy atom. The van der Waals surface area contributed by atoms with Crippen molar-refractivity contribution in [2.75, 3.05) is 5.32 Å². The number of anilines is 1. The summed E-state index contributed by atoms with van der Waals surface area (Å²) in [5.41, 5.74) is 4.14. The van der Waals surface area contributed by atoms with Crippen molar-refractivity contribution in [3.05, 3.63) is 70.9 Å². The number of nitrogens with one attached hydrogen (secondary N) is 1. The third-order valence-electron chi connectivity index (χ3n) is 4.67. The quantitative estimate of drug-likeness (QED) is 0.692. The summed E-state index contributed by atoms with van der Waals surface area (Å²) in [7, 11) is -0.979. The van der Waals surface area contributed by atoms with E-state index in [1.165, 1.54) is 0 Å². The van der Waals surface area contributed by atoms with Crippen molar-refractivity contribution >= 4 is 22.5 Å². The molecule has 2 aromatic carbocycles. The molecule has 0 bridgehead atoms. The highest BCUT2D eigenvalue weighted by atomic mass is 32.2. The molecule has 0 saturated carbocycles. The number of aryl methyl sites for hydroxylation is 1. The van der Waals surface area contributed by atoms with Gasteiger partial charge in [0.15, 0.2) is 0 Å². The number of benzene rings is 2. The van der Waals surface area contributed by atoms with Gasteiger partial charge in [-0.1, -0.05) is 17.7 Å². The lowest BCUT2D eigenvalue weighted by Gasteiger charge is -2.12. The van der Waals surface area contributed by atoms with Crippen LogP contribution >= 0.6 is 0 Å². The molecule has 6 nitrogen and oxygen atoms in total. The van der Waals surface area contributed by atoms with Gasteiger partial charge in [-0.3, -0.25) is 9.00 Å². The molecule has 1 atom stereocenters. The Hall–Kier alpha value is -2.93. The van der Waals surface area contributed by atoms with Crippen molar-refractivity contribution in [1.82, 2.24) is 9.78 Å². The molecule has 4 rings (SSSR count). The van der Waals surface area contributed by atoms with Crippen molar-refractivity contribution in [3.63, 3.8) is 0 Å². The number of rotatable bonds is 5. The molecule has 3 aromatic rings. The maximum atomic E-state index is 12.9. The normalized spacial score (nSPS) is 15.4. The van der Waals surface area contributed by atoms with Crippen LogP contribution in [0.4, 0.5) is 5.82 Å². The Morgan fingerprint density at radius 1 is 1.10 bits per heavy atom. The van der Waals surface area contributed by atoms with E-state index >= 15 is 0 Å². The van der Waals surface area contributed by atoms with Crippen LogP contribution in [0.1, 0.15) is 41.0 Å². The molecule has 0 unspecified atom stereocenters. The molecule has 0 radical (unpaired) electrons. The van der Waals surface area contributed by atoms with Gasteiger partial charge in [0, 0.05) is 21.9 Å². The monoisotopic (exact) mass is 409 g/mol. The van der Waals surface area contributed by atoms with Crippen LogP contribution in [-0.2, 0) is 22.3 Å². The van der Waals surface area contributed by atoms with Crippen LogP contribution in [0.2, 0.25) is 0 Å². The minimum absolute atomic E-state index is 0.0713. The van der Waals surface area contributed by atoms with Crippen LogP contribution in [0.3, 0.4) is 0 Å². The first-order valence-electron chi connectivity index (χ1n) is 9.51. The molecule has 0 saturated heterocycles. The number of hydrogen-bond donors (Lipinski definition) is 1. The summed E-state index contributed by atoms with van der Waals surface area (Å²) in [6.07, 6.45) is 0.0713. The van der Waals surface area contributed by atoms with Crippen LogP contribution in [-0.4, -0.2) is 26.0 Å². The summed E-state index contributed by atoms with van der Waals surface area (Å²) in [5, 5.41) is 7.61. The van der Waals surface area contributed by atoms with Crippen molar-refractivity contribution in [2.24, 2.45) is 0 Å². The number of carbonyl (C=O) groups is 1. The van der Waals surface area contributed by atoms with Gasteiger partial charge in [0.2, 0.25) is 0 Å². The second-order valence-corrected chi connectivity index (χ2v) is 8.85. The zero-order valence-corrected chi connectivity index (χ0v) is 17.5. The average Bonchev–Trinajstić information content (AvgIpc) is 3.19. The van der Waals surface area contributed by atoms with Gasteiger partial charge in [0.05, 0.1) is 29.0 Å². The smallest absolute Gasteiger partial charge is 0.256 e. The average molecular weight is 410 g/mol. The first-order chi connectivity index (χ1) is 13.9. The molecule has 1 aliphatic rings. The molecule has 7 heteroatoms. The summed E-state index contributed by atoms with van der Waals surface area (Å²) in [6, 6.07) is 15.0. The van der Waals surface area contributed by atoms with E-state index in [4.69, 9.17) is 4.74 Å². The molecule has 2 heterocycles. The highest BCUT2D eigenvalue weighted by Gasteiger charge is 2.28. The van der Waals surface area contributed by atoms with Crippen molar-refractivity contribution in [1.29, 1.82) is 0 Å². The van der Waals surface area contributed by atoms with Gasteiger partial charge >= 0.3 is 0 Å². The summed E-state index contributed by atoms with van der Waals surface area (Å²) >= 11 is 0. The van der Waals surface area contributed by atoms with E-state index in [0.717, 1.165) is 28.3 Å². The maximum Gasteiger partial charge on any atom is 0.256 e. The van der Waals surface area contributed by atoms with E-state index in [-0.39, 0.29) is 12.0 Å². The highest BCUT2D eigenvalue weighted by molar-refractivity contribution is 7.83. The Bertz CT molecular complexity index is 1070. The maximum absolute atomic E-state index is 12.9. The van der Waals surface area contributed by atoms with E-state index < -0.39 is 10.8 Å². The topological polar surface area (TPSA) is 73.2 Å². The molecule has 1 N–H and O–H groups in total. The number of amides is 1. The zero-order chi connectivity index (χ0) is 20.5. The molecule has 1 aliphatic heterocycles. The lowest BCUT2D eigenvalue weighted by atomic mass is 10.2. The standard InChI is InChI=1S/C22H23N3O3S/c1-14(2)28-18-10-6-16(7-11-18)22(26)23-21-19-12-29(27)13-20(19)24-25(21)17-8-4-15(3)5-9-17/h4-11,14H,12-13H2,1-3H3,(H,23,26)/t29-/m0/s1. The fourth-order valence-electron chi connectivity index (χ4n) is 3.27. The van der Waals surface area contributed by atoms with Gasteiger partial charge in [-0.15, -0.1) is 0 Å². The molecule has 29 heavy (non-hydrogen) atoms. The SMILES string of the molecule is Cc1ccc(-n2nc3c(c2NC(=O)c2ccc(OC(C)C)cc2)C[S@](=O)C3)cc1. The molecule has 1 aromatic heterocycles. The molecule has 0 aliphatic carbocycles. The van der Waals surface area contributed by atoms with Crippen molar-refractivity contribution in [3.8, 4) is 11.4 Å². The third-order valence-corrected chi connectivity index (χ3v) is 5.87. The Labute approximate surface area is 172 Å². The molecule has 150 valence electrons. The van der Waals surface area contributed by atoms with Crippen LogP contribution in [0.25, 0.3) is 5.69 Å². The lowest BCUT2D eigenvalue weighted by Crippen LogP contribution is -2.16. The predicted molar refractivity (Wildman–Crippen MR) is 114 cm³/mol. The van der Waals surface area contributed by atoms with Crippen molar-refractivity contribution in [2.45, 2.75) is 38.4 Å². The molecule has 0 fully saturated rings. The van der Waals surface area contributed by atoms with Crippen LogP contribution in [0.5, 0.6) is 5.75 Å². The lowest BCUT2D eigenvalue weighted by molar-refractivity contribution is 0.102. The predicted octanol–water partition coefficient (Wildman–Crippen LogP) is 3.98. The first-order valence-corrected chi connectivity index (χ1v) is 11.0. The van der Waals surface area contributed by atoms with Gasteiger partial charge in [-0.05, 0) is 57.2 Å². The largest absolute Gasteiger partial charge is 0.491 e. The van der Waals surface area contributed by atoms with Crippen LogP contribution in [0, 0.1) is 6.92 Å². The van der Waals surface area contributed by atoms with Gasteiger partial charge in [-0.2, -0.15) is 5.10 Å². The zero-order valence-electron chi connectivity index (χ0n) is 16.6. The van der Waals surface area contributed by atoms with Crippen LogP contribution < -0.4 is 10.1 Å². The van der Waals surface area contributed by atoms with E-state index in [2.05, 4.69) is 10.4 Å². The minimum Gasteiger partial charge on any atom is -0.491 e. The number of nitrogens with zero attached hydrogens (tertiary/aromatic N) is 2. The van der Waals surface area contributed by atoms with Gasteiger partial charge in [0.1, 0.15) is 11.6 Å². The van der Waals surface area contributed by atoms with E-state index in [0.29, 0.717) is 22.9 Å². The van der Waals surface area contributed by atoms with E-state index in [1.54, 1.807) is 28.9 Å². The Kier molecular flexibility index (Phi) is 5.24. The first kappa shape index (κ1) is 19.4. The van der Waals surface area contributed by atoms with E-state index in [1.807, 2.05) is 45.0 Å². The van der Waals surface area contributed by atoms with Crippen molar-refractivity contribution < 1.29 is 13.7 Å². The van der Waals surface area contributed by atoms with Crippen LogP contribution in [0.15, 0.2) is 48.5 Å². The molecule has 1 amide bonds. The number of fused-ring (bicyclic) bond motifs is 1. The number of carbonyl (C=O) groups excluding carboxylic acids is 1. The van der Waals surface area contributed by atoms with E-state index in [9.17, 15) is 9.00 Å². The fourth-order valence-corrected chi connectivity index (χ4v) is 4.53. The van der Waals surface area contributed by atoms with Gasteiger partial charge in [-0.25, -0.2) is 4.68 Å². The third kappa shape index (κ3) is 4.10. The Balaban J connectivity index is 1.64. The molecular weight excluding hydrogens is 386 g/mol. The molecule has 0 spiro atoms. The molecular formula is C22H23N3O3S.